The zero-order valence-corrected chi connectivity index (χ0v) is 15.4. The van der Waals surface area contributed by atoms with E-state index in [4.69, 9.17) is 9.47 Å². The van der Waals surface area contributed by atoms with Gasteiger partial charge >= 0.3 is 5.97 Å². The highest BCUT2D eigenvalue weighted by molar-refractivity contribution is 7.98. The fourth-order valence-corrected chi connectivity index (χ4v) is 2.65. The number of esters is 1. The number of amides is 1. The van der Waals surface area contributed by atoms with E-state index in [1.165, 1.54) is 31.0 Å². The second-order valence-corrected chi connectivity index (χ2v) is 6.25. The molecule has 0 radical (unpaired) electrons. The van der Waals surface area contributed by atoms with Crippen LogP contribution in [0.25, 0.3) is 0 Å². The van der Waals surface area contributed by atoms with Gasteiger partial charge in [0.25, 0.3) is 5.91 Å². The SMILES string of the molecule is COc1cc(SC)ccc1C(=O)OCC(=O)NCCc1ccc(F)cc1. The molecular weight excluding hydrogens is 357 g/mol. The molecule has 2 aromatic carbocycles. The van der Waals surface area contributed by atoms with Crippen molar-refractivity contribution in [1.29, 1.82) is 0 Å². The Kier molecular flexibility index (Phi) is 7.47. The number of carbonyl (C=O) groups is 2. The van der Waals surface area contributed by atoms with Crippen LogP contribution in [0.15, 0.2) is 47.4 Å². The Morgan fingerprint density at radius 2 is 1.88 bits per heavy atom. The molecule has 0 aromatic heterocycles. The van der Waals surface area contributed by atoms with Gasteiger partial charge in [0.1, 0.15) is 17.1 Å². The third-order valence-electron chi connectivity index (χ3n) is 3.61. The first kappa shape index (κ1) is 19.8. The Morgan fingerprint density at radius 3 is 2.54 bits per heavy atom. The Bertz CT molecular complexity index is 765. The van der Waals surface area contributed by atoms with Gasteiger partial charge in [-0.3, -0.25) is 4.79 Å². The number of rotatable bonds is 8. The number of ether oxygens (including phenoxy) is 2. The van der Waals surface area contributed by atoms with E-state index in [9.17, 15) is 14.0 Å². The molecule has 2 aromatic rings. The molecule has 2 rings (SSSR count). The van der Waals surface area contributed by atoms with E-state index in [0.717, 1.165) is 10.5 Å². The second-order valence-electron chi connectivity index (χ2n) is 5.37. The smallest absolute Gasteiger partial charge is 0.342 e. The van der Waals surface area contributed by atoms with Gasteiger partial charge in [-0.15, -0.1) is 11.8 Å². The Morgan fingerprint density at radius 1 is 1.15 bits per heavy atom. The van der Waals surface area contributed by atoms with Crippen LogP contribution < -0.4 is 10.1 Å². The average molecular weight is 377 g/mol. The summed E-state index contributed by atoms with van der Waals surface area (Å²) in [5.74, 6) is -0.924. The summed E-state index contributed by atoms with van der Waals surface area (Å²) in [6, 6.07) is 11.2. The highest BCUT2D eigenvalue weighted by Gasteiger charge is 2.15. The van der Waals surface area contributed by atoms with Gasteiger partial charge in [-0.2, -0.15) is 0 Å². The van der Waals surface area contributed by atoms with Crippen LogP contribution in [0.4, 0.5) is 4.39 Å². The molecular formula is C19H20FNO4S. The van der Waals surface area contributed by atoms with Crippen LogP contribution in [0, 0.1) is 5.82 Å². The second kappa shape index (κ2) is 9.82. The summed E-state index contributed by atoms with van der Waals surface area (Å²) >= 11 is 1.53. The Labute approximate surface area is 155 Å². The molecule has 0 heterocycles. The van der Waals surface area contributed by atoms with Gasteiger partial charge in [0.05, 0.1) is 7.11 Å². The number of methoxy groups -OCH3 is 1. The number of halogens is 1. The lowest BCUT2D eigenvalue weighted by molar-refractivity contribution is -0.124. The molecule has 0 aliphatic heterocycles. The van der Waals surface area contributed by atoms with E-state index in [1.807, 2.05) is 6.26 Å². The van der Waals surface area contributed by atoms with Crippen molar-refractivity contribution in [2.45, 2.75) is 11.3 Å². The lowest BCUT2D eigenvalue weighted by Crippen LogP contribution is -2.30. The molecule has 138 valence electrons. The zero-order valence-electron chi connectivity index (χ0n) is 14.6. The van der Waals surface area contributed by atoms with E-state index in [0.29, 0.717) is 18.7 Å². The summed E-state index contributed by atoms with van der Waals surface area (Å²) in [5.41, 5.74) is 1.17. The monoisotopic (exact) mass is 377 g/mol. The highest BCUT2D eigenvalue weighted by Crippen LogP contribution is 2.25. The molecule has 7 heteroatoms. The lowest BCUT2D eigenvalue weighted by atomic mass is 10.1. The minimum absolute atomic E-state index is 0.268. The molecule has 0 saturated heterocycles. The summed E-state index contributed by atoms with van der Waals surface area (Å²) in [5, 5.41) is 2.65. The zero-order chi connectivity index (χ0) is 18.9. The topological polar surface area (TPSA) is 64.6 Å². The van der Waals surface area contributed by atoms with Crippen LogP contribution in [-0.2, 0) is 16.0 Å². The summed E-state index contributed by atoms with van der Waals surface area (Å²) in [6.07, 6.45) is 2.48. The summed E-state index contributed by atoms with van der Waals surface area (Å²) in [4.78, 5) is 24.9. The number of benzene rings is 2. The minimum atomic E-state index is -0.622. The largest absolute Gasteiger partial charge is 0.496 e. The Balaban J connectivity index is 1.79. The van der Waals surface area contributed by atoms with Crippen molar-refractivity contribution >= 4 is 23.6 Å². The average Bonchev–Trinajstić information content (AvgIpc) is 2.67. The van der Waals surface area contributed by atoms with Gasteiger partial charge in [-0.25, -0.2) is 9.18 Å². The molecule has 1 amide bonds. The van der Waals surface area contributed by atoms with Crippen molar-refractivity contribution in [2.75, 3.05) is 26.5 Å². The lowest BCUT2D eigenvalue weighted by Gasteiger charge is -2.10. The van der Waals surface area contributed by atoms with Gasteiger partial charge in [0.15, 0.2) is 6.61 Å². The van der Waals surface area contributed by atoms with Crippen LogP contribution in [0.1, 0.15) is 15.9 Å². The van der Waals surface area contributed by atoms with E-state index < -0.39 is 11.9 Å². The fraction of sp³-hybridized carbons (Fsp3) is 0.263. The molecule has 0 fully saturated rings. The van der Waals surface area contributed by atoms with Crippen LogP contribution in [0.2, 0.25) is 0 Å². The molecule has 0 unspecified atom stereocenters. The molecule has 0 bridgehead atoms. The van der Waals surface area contributed by atoms with Crippen molar-refractivity contribution in [3.05, 3.63) is 59.4 Å². The van der Waals surface area contributed by atoms with Crippen molar-refractivity contribution in [3.8, 4) is 5.75 Å². The maximum absolute atomic E-state index is 12.8. The van der Waals surface area contributed by atoms with E-state index in [-0.39, 0.29) is 18.0 Å². The van der Waals surface area contributed by atoms with Gasteiger partial charge in [-0.05, 0) is 48.6 Å². The van der Waals surface area contributed by atoms with E-state index >= 15 is 0 Å². The number of hydrogen-bond acceptors (Lipinski definition) is 5. The van der Waals surface area contributed by atoms with Gasteiger partial charge in [-0.1, -0.05) is 12.1 Å². The van der Waals surface area contributed by atoms with Crippen molar-refractivity contribution < 1.29 is 23.5 Å². The standard InChI is InChI=1S/C19H20FNO4S/c1-24-17-11-15(26-2)7-8-16(17)19(23)25-12-18(22)21-10-9-13-3-5-14(20)6-4-13/h3-8,11H,9-10,12H2,1-2H3,(H,21,22). The maximum Gasteiger partial charge on any atom is 0.342 e. The van der Waals surface area contributed by atoms with Crippen LogP contribution >= 0.6 is 11.8 Å². The molecule has 1 N–H and O–H groups in total. The highest BCUT2D eigenvalue weighted by atomic mass is 32.2. The van der Waals surface area contributed by atoms with Crippen molar-refractivity contribution in [3.63, 3.8) is 0 Å². The number of carbonyl (C=O) groups excluding carboxylic acids is 2. The number of thioether (sulfide) groups is 1. The summed E-state index contributed by atoms with van der Waals surface area (Å²) in [7, 11) is 1.47. The quantitative estimate of drug-likeness (QED) is 0.566. The molecule has 5 nitrogen and oxygen atoms in total. The van der Waals surface area contributed by atoms with Gasteiger partial charge in [0, 0.05) is 11.4 Å². The third-order valence-corrected chi connectivity index (χ3v) is 4.34. The molecule has 0 aliphatic rings. The maximum atomic E-state index is 12.8. The normalized spacial score (nSPS) is 10.3. The van der Waals surface area contributed by atoms with Crippen LogP contribution in [-0.4, -0.2) is 38.4 Å². The molecule has 0 saturated carbocycles. The molecule has 26 heavy (non-hydrogen) atoms. The van der Waals surface area contributed by atoms with Crippen molar-refractivity contribution in [2.24, 2.45) is 0 Å². The first-order chi connectivity index (χ1) is 12.5. The van der Waals surface area contributed by atoms with Crippen LogP contribution in [0.5, 0.6) is 5.75 Å². The minimum Gasteiger partial charge on any atom is -0.496 e. The van der Waals surface area contributed by atoms with Gasteiger partial charge < -0.3 is 14.8 Å². The predicted molar refractivity (Wildman–Crippen MR) is 98.2 cm³/mol. The number of hydrogen-bond donors (Lipinski definition) is 1. The summed E-state index contributed by atoms with van der Waals surface area (Å²) in [6.45, 7) is -0.0105. The first-order valence-electron chi connectivity index (χ1n) is 7.93. The first-order valence-corrected chi connectivity index (χ1v) is 9.16. The van der Waals surface area contributed by atoms with E-state index in [1.54, 1.807) is 30.3 Å². The van der Waals surface area contributed by atoms with Gasteiger partial charge in [0.2, 0.25) is 0 Å². The fourth-order valence-electron chi connectivity index (χ4n) is 2.22. The van der Waals surface area contributed by atoms with Crippen LogP contribution in [0.3, 0.4) is 0 Å². The molecule has 0 atom stereocenters. The summed E-state index contributed by atoms with van der Waals surface area (Å²) < 4.78 is 23.1. The Hall–Kier alpha value is -2.54. The molecule has 0 aliphatic carbocycles. The van der Waals surface area contributed by atoms with E-state index in [2.05, 4.69) is 5.32 Å². The third kappa shape index (κ3) is 5.77. The predicted octanol–water partition coefficient (Wildman–Crippen LogP) is 3.07. The van der Waals surface area contributed by atoms with Crippen molar-refractivity contribution in [1.82, 2.24) is 5.32 Å². The molecule has 0 spiro atoms. The number of nitrogens with one attached hydrogen (secondary N) is 1.